The minimum absolute atomic E-state index is 0.0950. The third-order valence-electron chi connectivity index (χ3n) is 4.18. The first-order chi connectivity index (χ1) is 12.9. The summed E-state index contributed by atoms with van der Waals surface area (Å²) < 4.78 is 27.4. The van der Waals surface area contributed by atoms with Crippen molar-refractivity contribution in [2.75, 3.05) is 0 Å². The normalized spacial score (nSPS) is 11.7. The quantitative estimate of drug-likeness (QED) is 0.571. The summed E-state index contributed by atoms with van der Waals surface area (Å²) >= 11 is 5.93. The molecule has 1 aromatic heterocycles. The van der Waals surface area contributed by atoms with Gasteiger partial charge in [0.05, 0.1) is 16.8 Å². The Morgan fingerprint density at radius 3 is 2.37 bits per heavy atom. The van der Waals surface area contributed by atoms with E-state index in [4.69, 9.17) is 11.6 Å². The highest BCUT2D eigenvalue weighted by molar-refractivity contribution is 7.90. The van der Waals surface area contributed by atoms with Crippen molar-refractivity contribution in [1.82, 2.24) is 8.54 Å². The van der Waals surface area contributed by atoms with Crippen molar-refractivity contribution >= 4 is 32.4 Å². The number of rotatable bonds is 3. The number of fused-ring (bicyclic) bond motifs is 1. The molecule has 8 heteroatoms. The average molecular weight is 401 g/mol. The van der Waals surface area contributed by atoms with Gasteiger partial charge in [-0.25, -0.2) is 13.2 Å². The number of imidazole rings is 1. The number of aromatic nitrogens is 2. The molecule has 1 heterocycles. The van der Waals surface area contributed by atoms with Crippen molar-refractivity contribution in [1.29, 1.82) is 0 Å². The summed E-state index contributed by atoms with van der Waals surface area (Å²) in [4.78, 5) is 12.6. The molecule has 0 aliphatic heterocycles. The standard InChI is InChI=1S/C19H13ClN2O4S/c20-15-6-3-7-16(11-15)21-12-18(23)22(19(21)24)27(25,26)17-9-8-13-4-1-2-5-14(13)10-17/h1-12,23H. The average Bonchev–Trinajstić information content (AvgIpc) is 2.96. The van der Waals surface area contributed by atoms with Crippen LogP contribution in [0.15, 0.2) is 82.6 Å². The highest BCUT2D eigenvalue weighted by atomic mass is 35.5. The maximum absolute atomic E-state index is 13.0. The summed E-state index contributed by atoms with van der Waals surface area (Å²) in [7, 11) is -4.29. The third-order valence-corrected chi connectivity index (χ3v) is 6.09. The van der Waals surface area contributed by atoms with Crippen LogP contribution in [-0.2, 0) is 10.0 Å². The molecule has 0 bridgehead atoms. The first-order valence-electron chi connectivity index (χ1n) is 7.91. The molecule has 3 aromatic carbocycles. The molecule has 0 radical (unpaired) electrons. The summed E-state index contributed by atoms with van der Waals surface area (Å²) in [5.41, 5.74) is -0.571. The Hall–Kier alpha value is -3.03. The van der Waals surface area contributed by atoms with E-state index in [0.717, 1.165) is 16.2 Å². The second-order valence-electron chi connectivity index (χ2n) is 5.90. The van der Waals surface area contributed by atoms with Crippen LogP contribution in [0.1, 0.15) is 0 Å². The predicted molar refractivity (Wildman–Crippen MR) is 103 cm³/mol. The van der Waals surface area contributed by atoms with Crippen molar-refractivity contribution in [2.45, 2.75) is 4.90 Å². The Bertz CT molecular complexity index is 1340. The molecule has 0 spiro atoms. The van der Waals surface area contributed by atoms with Gasteiger partial charge in [-0.2, -0.15) is 0 Å². The zero-order valence-electron chi connectivity index (χ0n) is 13.8. The van der Waals surface area contributed by atoms with Gasteiger partial charge in [0, 0.05) is 5.02 Å². The Labute approximate surface area is 159 Å². The van der Waals surface area contributed by atoms with Gasteiger partial charge in [-0.05, 0) is 41.1 Å². The molecule has 0 fully saturated rings. The molecule has 0 unspecified atom stereocenters. The van der Waals surface area contributed by atoms with Gasteiger partial charge < -0.3 is 5.11 Å². The van der Waals surface area contributed by atoms with Crippen molar-refractivity contribution in [3.63, 3.8) is 0 Å². The van der Waals surface area contributed by atoms with E-state index in [0.29, 0.717) is 20.1 Å². The molecule has 6 nitrogen and oxygen atoms in total. The van der Waals surface area contributed by atoms with E-state index in [-0.39, 0.29) is 4.90 Å². The predicted octanol–water partition coefficient (Wildman–Crippen LogP) is 3.39. The minimum atomic E-state index is -4.29. The molecule has 0 atom stereocenters. The lowest BCUT2D eigenvalue weighted by molar-refractivity contribution is 0.443. The van der Waals surface area contributed by atoms with Crippen molar-refractivity contribution in [2.24, 2.45) is 0 Å². The second-order valence-corrected chi connectivity index (χ2v) is 8.12. The van der Waals surface area contributed by atoms with Gasteiger partial charge in [0.25, 0.3) is 10.0 Å². The van der Waals surface area contributed by atoms with E-state index < -0.39 is 21.6 Å². The lowest BCUT2D eigenvalue weighted by atomic mass is 10.1. The molecule has 0 saturated heterocycles. The molecule has 4 rings (SSSR count). The highest BCUT2D eigenvalue weighted by Crippen LogP contribution is 2.24. The van der Waals surface area contributed by atoms with Crippen LogP contribution in [0.25, 0.3) is 16.5 Å². The lowest BCUT2D eigenvalue weighted by Crippen LogP contribution is -2.28. The van der Waals surface area contributed by atoms with Crippen LogP contribution in [0.2, 0.25) is 5.02 Å². The summed E-state index contributed by atoms with van der Waals surface area (Å²) in [5.74, 6) is -0.687. The molecular weight excluding hydrogens is 388 g/mol. The summed E-state index contributed by atoms with van der Waals surface area (Å²) in [5, 5.41) is 12.1. The SMILES string of the molecule is O=c1n(-c2cccc(Cl)c2)cc(O)n1S(=O)(=O)c1ccc2ccccc2c1. The number of halogens is 1. The van der Waals surface area contributed by atoms with E-state index >= 15 is 0 Å². The first-order valence-corrected chi connectivity index (χ1v) is 9.73. The molecule has 27 heavy (non-hydrogen) atoms. The fourth-order valence-corrected chi connectivity index (χ4v) is 4.39. The van der Waals surface area contributed by atoms with Crippen LogP contribution in [0.5, 0.6) is 5.88 Å². The Morgan fingerprint density at radius 1 is 0.889 bits per heavy atom. The minimum Gasteiger partial charge on any atom is -0.493 e. The fourth-order valence-electron chi connectivity index (χ4n) is 2.89. The summed E-state index contributed by atoms with van der Waals surface area (Å²) in [6.07, 6.45) is 1.05. The van der Waals surface area contributed by atoms with Crippen molar-refractivity contribution in [3.8, 4) is 11.6 Å². The van der Waals surface area contributed by atoms with Crippen molar-refractivity contribution < 1.29 is 13.5 Å². The van der Waals surface area contributed by atoms with Crippen LogP contribution >= 0.6 is 11.6 Å². The van der Waals surface area contributed by atoms with Crippen LogP contribution in [-0.4, -0.2) is 22.1 Å². The molecule has 136 valence electrons. The van der Waals surface area contributed by atoms with Crippen LogP contribution in [0, 0.1) is 0 Å². The maximum Gasteiger partial charge on any atom is 0.350 e. The number of nitrogens with zero attached hydrogens (tertiary/aromatic N) is 2. The van der Waals surface area contributed by atoms with Gasteiger partial charge in [-0.15, -0.1) is 3.97 Å². The number of hydrogen-bond donors (Lipinski definition) is 1. The van der Waals surface area contributed by atoms with Crippen LogP contribution in [0.4, 0.5) is 0 Å². The third kappa shape index (κ3) is 2.90. The zero-order chi connectivity index (χ0) is 19.2. The van der Waals surface area contributed by atoms with E-state index in [1.165, 1.54) is 18.2 Å². The zero-order valence-corrected chi connectivity index (χ0v) is 15.4. The molecule has 0 saturated carbocycles. The first kappa shape index (κ1) is 17.4. The van der Waals surface area contributed by atoms with Crippen LogP contribution < -0.4 is 5.69 Å². The Morgan fingerprint density at radius 2 is 1.63 bits per heavy atom. The Balaban J connectivity index is 1.90. The molecule has 0 amide bonds. The highest BCUT2D eigenvalue weighted by Gasteiger charge is 2.25. The molecular formula is C19H13ClN2O4S. The van der Waals surface area contributed by atoms with Gasteiger partial charge in [-0.1, -0.05) is 48.0 Å². The van der Waals surface area contributed by atoms with E-state index in [2.05, 4.69) is 0 Å². The summed E-state index contributed by atoms with van der Waals surface area (Å²) in [6, 6.07) is 18.1. The van der Waals surface area contributed by atoms with Gasteiger partial charge in [0.15, 0.2) is 0 Å². The van der Waals surface area contributed by atoms with E-state index in [1.54, 1.807) is 36.4 Å². The number of hydrogen-bond acceptors (Lipinski definition) is 4. The second kappa shape index (κ2) is 6.29. The molecule has 0 aliphatic rings. The van der Waals surface area contributed by atoms with Crippen molar-refractivity contribution in [3.05, 3.63) is 88.4 Å². The van der Waals surface area contributed by atoms with Gasteiger partial charge >= 0.3 is 5.69 Å². The van der Waals surface area contributed by atoms with Gasteiger partial charge in [-0.3, -0.25) is 4.57 Å². The monoisotopic (exact) mass is 400 g/mol. The fraction of sp³-hybridized carbons (Fsp3) is 0. The van der Waals surface area contributed by atoms with Crippen LogP contribution in [0.3, 0.4) is 0 Å². The smallest absolute Gasteiger partial charge is 0.350 e. The van der Waals surface area contributed by atoms with Gasteiger partial charge in [0.2, 0.25) is 5.88 Å². The topological polar surface area (TPSA) is 81.3 Å². The number of aromatic hydroxyl groups is 1. The molecule has 1 N–H and O–H groups in total. The lowest BCUT2D eigenvalue weighted by Gasteiger charge is -2.07. The molecule has 0 aliphatic carbocycles. The van der Waals surface area contributed by atoms with Gasteiger partial charge in [0.1, 0.15) is 0 Å². The molecule has 4 aromatic rings. The maximum atomic E-state index is 13.0. The van der Waals surface area contributed by atoms with E-state index in [9.17, 15) is 18.3 Å². The largest absolute Gasteiger partial charge is 0.493 e. The Kier molecular flexibility index (Phi) is 4.05. The van der Waals surface area contributed by atoms with E-state index in [1.807, 2.05) is 12.1 Å². The summed E-state index contributed by atoms with van der Waals surface area (Å²) in [6.45, 7) is 0. The number of benzene rings is 3.